The van der Waals surface area contributed by atoms with E-state index in [1.165, 1.54) is 0 Å². The minimum absolute atomic E-state index is 0.318. The van der Waals surface area contributed by atoms with Crippen molar-refractivity contribution in [1.82, 2.24) is 0 Å². The molecule has 0 heterocycles. The molecule has 0 aromatic carbocycles. The molecule has 0 bridgehead atoms. The highest BCUT2D eigenvalue weighted by atomic mass is 16.5. The third kappa shape index (κ3) is 5.85. The van der Waals surface area contributed by atoms with Gasteiger partial charge in [0.05, 0.1) is 5.60 Å². The number of carbonyl (C=O) groups excluding carboxylic acids is 2. The number of aldehydes is 1. The van der Waals surface area contributed by atoms with E-state index in [1.54, 1.807) is 13.8 Å². The molecule has 0 saturated carbocycles. The normalized spacial score (nSPS) is 12.5. The topological polar surface area (TPSA) is 69.4 Å². The first-order chi connectivity index (χ1) is 7.21. The van der Waals surface area contributed by atoms with E-state index in [9.17, 15) is 9.59 Å². The van der Waals surface area contributed by atoms with Crippen LogP contribution in [0.4, 0.5) is 0 Å². The molecule has 0 aromatic rings. The fourth-order valence-electron chi connectivity index (χ4n) is 1.18. The van der Waals surface area contributed by atoms with Crippen LogP contribution in [0.2, 0.25) is 0 Å². The second kappa shape index (κ2) is 5.99. The standard InChI is InChI=1S/C12H23NO3/c1-11(2,10(13)15)7-9-16-12(3,4)6-5-8-14/h8H,5-7,9H2,1-4H3,(H2,13,15). The largest absolute Gasteiger partial charge is 0.376 e. The van der Waals surface area contributed by atoms with Gasteiger partial charge in [-0.2, -0.15) is 0 Å². The molecule has 0 unspecified atom stereocenters. The lowest BCUT2D eigenvalue weighted by Crippen LogP contribution is -2.34. The fourth-order valence-corrected chi connectivity index (χ4v) is 1.18. The summed E-state index contributed by atoms with van der Waals surface area (Å²) in [7, 11) is 0. The second-order valence-corrected chi connectivity index (χ2v) is 5.31. The molecular formula is C12H23NO3. The number of hydrogen-bond acceptors (Lipinski definition) is 3. The minimum Gasteiger partial charge on any atom is -0.376 e. The summed E-state index contributed by atoms with van der Waals surface area (Å²) in [5, 5.41) is 0. The maximum Gasteiger partial charge on any atom is 0.223 e. The number of carbonyl (C=O) groups is 2. The van der Waals surface area contributed by atoms with Crippen molar-refractivity contribution < 1.29 is 14.3 Å². The zero-order chi connectivity index (χ0) is 12.8. The van der Waals surface area contributed by atoms with Gasteiger partial charge in [-0.05, 0) is 26.7 Å². The van der Waals surface area contributed by atoms with Crippen molar-refractivity contribution in [2.24, 2.45) is 11.1 Å². The molecule has 0 atom stereocenters. The first-order valence-electron chi connectivity index (χ1n) is 5.59. The van der Waals surface area contributed by atoms with Crippen molar-refractivity contribution in [3.05, 3.63) is 0 Å². The van der Waals surface area contributed by atoms with Gasteiger partial charge in [-0.25, -0.2) is 0 Å². The van der Waals surface area contributed by atoms with Crippen LogP contribution in [0.1, 0.15) is 47.0 Å². The van der Waals surface area contributed by atoms with E-state index in [-0.39, 0.29) is 11.5 Å². The number of rotatable bonds is 8. The smallest absolute Gasteiger partial charge is 0.223 e. The third-order valence-electron chi connectivity index (χ3n) is 2.75. The Morgan fingerprint density at radius 3 is 2.25 bits per heavy atom. The number of nitrogens with two attached hydrogens (primary N) is 1. The molecule has 94 valence electrons. The van der Waals surface area contributed by atoms with E-state index in [0.717, 1.165) is 6.29 Å². The van der Waals surface area contributed by atoms with Gasteiger partial charge >= 0.3 is 0 Å². The van der Waals surface area contributed by atoms with Crippen LogP contribution >= 0.6 is 0 Å². The summed E-state index contributed by atoms with van der Waals surface area (Å²) in [5.41, 5.74) is 4.39. The Kier molecular flexibility index (Phi) is 5.65. The highest BCUT2D eigenvalue weighted by Gasteiger charge is 2.26. The van der Waals surface area contributed by atoms with E-state index < -0.39 is 5.41 Å². The number of primary amides is 1. The summed E-state index contributed by atoms with van der Waals surface area (Å²) >= 11 is 0. The van der Waals surface area contributed by atoms with Crippen molar-refractivity contribution in [2.45, 2.75) is 52.6 Å². The summed E-state index contributed by atoms with van der Waals surface area (Å²) < 4.78 is 5.65. The molecule has 0 radical (unpaired) electrons. The van der Waals surface area contributed by atoms with Gasteiger partial charge in [0.25, 0.3) is 0 Å². The molecule has 0 aliphatic carbocycles. The average Bonchev–Trinajstić information content (AvgIpc) is 2.14. The first kappa shape index (κ1) is 15.1. The summed E-state index contributed by atoms with van der Waals surface area (Å²) in [6.45, 7) is 7.96. The fraction of sp³-hybridized carbons (Fsp3) is 0.833. The van der Waals surface area contributed by atoms with Gasteiger partial charge in [-0.15, -0.1) is 0 Å². The Bertz CT molecular complexity index is 247. The van der Waals surface area contributed by atoms with Crippen molar-refractivity contribution in [3.8, 4) is 0 Å². The Morgan fingerprint density at radius 2 is 1.81 bits per heavy atom. The van der Waals surface area contributed by atoms with Crippen LogP contribution in [0.5, 0.6) is 0 Å². The summed E-state index contributed by atoms with van der Waals surface area (Å²) in [4.78, 5) is 21.3. The maximum atomic E-state index is 11.1. The van der Waals surface area contributed by atoms with Crippen molar-refractivity contribution in [1.29, 1.82) is 0 Å². The molecule has 0 rings (SSSR count). The van der Waals surface area contributed by atoms with Gasteiger partial charge in [0.1, 0.15) is 6.29 Å². The van der Waals surface area contributed by atoms with Gasteiger partial charge < -0.3 is 15.3 Å². The molecule has 0 aliphatic rings. The van der Waals surface area contributed by atoms with Crippen LogP contribution in [-0.2, 0) is 14.3 Å². The summed E-state index contributed by atoms with van der Waals surface area (Å²) in [6.07, 6.45) is 2.66. The lowest BCUT2D eigenvalue weighted by atomic mass is 9.89. The van der Waals surface area contributed by atoms with Crippen LogP contribution in [0.3, 0.4) is 0 Å². The molecule has 4 nitrogen and oxygen atoms in total. The Labute approximate surface area is 97.5 Å². The monoisotopic (exact) mass is 229 g/mol. The van der Waals surface area contributed by atoms with Crippen molar-refractivity contribution in [2.75, 3.05) is 6.61 Å². The lowest BCUT2D eigenvalue weighted by molar-refractivity contribution is -0.128. The van der Waals surface area contributed by atoms with E-state index >= 15 is 0 Å². The second-order valence-electron chi connectivity index (χ2n) is 5.31. The predicted molar refractivity (Wildman–Crippen MR) is 62.9 cm³/mol. The van der Waals surface area contributed by atoms with Gasteiger partial charge in [0.15, 0.2) is 0 Å². The highest BCUT2D eigenvalue weighted by molar-refractivity contribution is 5.79. The molecule has 2 N–H and O–H groups in total. The van der Waals surface area contributed by atoms with Gasteiger partial charge in [-0.1, -0.05) is 13.8 Å². The van der Waals surface area contributed by atoms with Crippen LogP contribution in [0.25, 0.3) is 0 Å². The summed E-state index contributed by atoms with van der Waals surface area (Å²) in [5.74, 6) is -0.318. The molecule has 0 spiro atoms. The molecule has 16 heavy (non-hydrogen) atoms. The quantitative estimate of drug-likeness (QED) is 0.643. The minimum atomic E-state index is -0.541. The maximum absolute atomic E-state index is 11.1. The van der Waals surface area contributed by atoms with E-state index in [0.29, 0.717) is 25.9 Å². The number of ether oxygens (including phenoxy) is 1. The zero-order valence-corrected chi connectivity index (χ0v) is 10.7. The Balaban J connectivity index is 3.97. The number of amides is 1. The Morgan fingerprint density at radius 1 is 1.25 bits per heavy atom. The molecule has 1 amide bonds. The number of hydrogen-bond donors (Lipinski definition) is 1. The van der Waals surface area contributed by atoms with Crippen LogP contribution in [-0.4, -0.2) is 24.4 Å². The Hall–Kier alpha value is -0.900. The molecule has 0 aliphatic heterocycles. The molecule has 0 aromatic heterocycles. The zero-order valence-electron chi connectivity index (χ0n) is 10.7. The van der Waals surface area contributed by atoms with Gasteiger partial charge in [0.2, 0.25) is 5.91 Å². The van der Waals surface area contributed by atoms with Crippen LogP contribution < -0.4 is 5.73 Å². The van der Waals surface area contributed by atoms with E-state index in [1.807, 2.05) is 13.8 Å². The summed E-state index contributed by atoms with van der Waals surface area (Å²) in [6, 6.07) is 0. The third-order valence-corrected chi connectivity index (χ3v) is 2.75. The van der Waals surface area contributed by atoms with Crippen LogP contribution in [0.15, 0.2) is 0 Å². The molecule has 0 fully saturated rings. The molecular weight excluding hydrogens is 206 g/mol. The average molecular weight is 229 g/mol. The first-order valence-corrected chi connectivity index (χ1v) is 5.59. The van der Waals surface area contributed by atoms with Crippen LogP contribution in [0, 0.1) is 5.41 Å². The highest BCUT2D eigenvalue weighted by Crippen LogP contribution is 2.22. The predicted octanol–water partition coefficient (Wildman–Crippen LogP) is 1.66. The van der Waals surface area contributed by atoms with Gasteiger partial charge in [0, 0.05) is 18.4 Å². The molecule has 4 heteroatoms. The van der Waals surface area contributed by atoms with E-state index in [2.05, 4.69) is 0 Å². The lowest BCUT2D eigenvalue weighted by Gasteiger charge is -2.27. The van der Waals surface area contributed by atoms with Gasteiger partial charge in [-0.3, -0.25) is 4.79 Å². The van der Waals surface area contributed by atoms with Crippen molar-refractivity contribution in [3.63, 3.8) is 0 Å². The SMILES string of the molecule is CC(C)(CCC=O)OCCC(C)(C)C(N)=O. The van der Waals surface area contributed by atoms with Crippen molar-refractivity contribution >= 4 is 12.2 Å². The van der Waals surface area contributed by atoms with E-state index in [4.69, 9.17) is 10.5 Å². The molecule has 0 saturated heterocycles.